The zero-order valence-electron chi connectivity index (χ0n) is 25.5. The number of benzene rings is 1. The molecule has 1 atom stereocenters. The number of carbonyl (C=O) groups excluding carboxylic acids is 2. The minimum atomic E-state index is -0.663. The van der Waals surface area contributed by atoms with Gasteiger partial charge in [0.15, 0.2) is 0 Å². The van der Waals surface area contributed by atoms with Crippen LogP contribution in [0.25, 0.3) is 11.3 Å². The minimum absolute atomic E-state index is 0.134. The lowest BCUT2D eigenvalue weighted by Gasteiger charge is -2.28. The quantitative estimate of drug-likeness (QED) is 0.340. The van der Waals surface area contributed by atoms with Crippen LogP contribution in [0, 0.1) is 0 Å². The van der Waals surface area contributed by atoms with Gasteiger partial charge in [0, 0.05) is 43.5 Å². The average Bonchev–Trinajstić information content (AvgIpc) is 3.55. The van der Waals surface area contributed by atoms with E-state index in [-0.39, 0.29) is 12.4 Å². The SMILES string of the molecule is Cn1cc(Nc2nccc(-c3ccc4c(c3)CCN(C(=O)OC(C)(C)C)C[C@H]4NC(=O)c3nnc(C(C)(C)C)o3)n2)cn1. The Balaban J connectivity index is 1.44. The van der Waals surface area contributed by atoms with E-state index in [4.69, 9.17) is 14.1 Å². The smallest absolute Gasteiger partial charge is 0.410 e. The monoisotopic (exact) mass is 587 g/mol. The lowest BCUT2D eigenvalue weighted by Crippen LogP contribution is -2.42. The van der Waals surface area contributed by atoms with E-state index >= 15 is 0 Å². The van der Waals surface area contributed by atoms with Crippen molar-refractivity contribution in [3.05, 3.63) is 65.8 Å². The van der Waals surface area contributed by atoms with Gasteiger partial charge < -0.3 is 24.7 Å². The summed E-state index contributed by atoms with van der Waals surface area (Å²) in [4.78, 5) is 37.1. The number of nitrogens with zero attached hydrogens (tertiary/aromatic N) is 7. The van der Waals surface area contributed by atoms with Gasteiger partial charge in [0.2, 0.25) is 11.8 Å². The third-order valence-corrected chi connectivity index (χ3v) is 6.70. The Labute approximate surface area is 250 Å². The molecular formula is C30H37N9O4. The number of fused-ring (bicyclic) bond motifs is 1. The third-order valence-electron chi connectivity index (χ3n) is 6.70. The Morgan fingerprint density at radius 1 is 1.09 bits per heavy atom. The molecule has 1 aliphatic heterocycles. The predicted octanol–water partition coefficient (Wildman–Crippen LogP) is 4.57. The van der Waals surface area contributed by atoms with Crippen LogP contribution >= 0.6 is 0 Å². The molecule has 0 spiro atoms. The number of rotatable bonds is 5. The summed E-state index contributed by atoms with van der Waals surface area (Å²) < 4.78 is 13.0. The summed E-state index contributed by atoms with van der Waals surface area (Å²) in [6.07, 6.45) is 5.32. The molecule has 2 amide bonds. The van der Waals surface area contributed by atoms with Crippen molar-refractivity contribution in [2.24, 2.45) is 7.05 Å². The fourth-order valence-electron chi connectivity index (χ4n) is 4.64. The zero-order valence-corrected chi connectivity index (χ0v) is 25.5. The number of hydrogen-bond donors (Lipinski definition) is 2. The standard InChI is InChI=1S/C30H37N9O4/c1-29(2,3)26-37-36-25(42-26)24(40)34-23-17-39(28(41)43-30(4,5)6)13-11-18-14-19(8-9-21(18)23)22-10-12-31-27(35-22)33-20-15-32-38(7)16-20/h8-10,12,14-16,23H,11,13,17H2,1-7H3,(H,34,40)(H,31,33,35)/t23-/m1/s1. The number of ether oxygens (including phenoxy) is 1. The summed E-state index contributed by atoms with van der Waals surface area (Å²) >= 11 is 0. The van der Waals surface area contributed by atoms with E-state index in [0.717, 1.165) is 28.1 Å². The van der Waals surface area contributed by atoms with Gasteiger partial charge >= 0.3 is 17.9 Å². The Kier molecular flexibility index (Phi) is 7.91. The first-order chi connectivity index (χ1) is 20.2. The van der Waals surface area contributed by atoms with Gasteiger partial charge in [-0.05, 0) is 50.5 Å². The molecule has 5 rings (SSSR count). The van der Waals surface area contributed by atoms with Crippen LogP contribution in [0.15, 0.2) is 47.3 Å². The highest BCUT2D eigenvalue weighted by Crippen LogP contribution is 2.30. The predicted molar refractivity (Wildman–Crippen MR) is 159 cm³/mol. The maximum atomic E-state index is 13.3. The van der Waals surface area contributed by atoms with Crippen LogP contribution in [0.5, 0.6) is 0 Å². The van der Waals surface area contributed by atoms with Crippen molar-refractivity contribution < 1.29 is 18.7 Å². The Morgan fingerprint density at radius 2 is 1.88 bits per heavy atom. The molecule has 43 heavy (non-hydrogen) atoms. The van der Waals surface area contributed by atoms with Gasteiger partial charge in [-0.25, -0.2) is 14.8 Å². The van der Waals surface area contributed by atoms with Crippen molar-refractivity contribution in [2.75, 3.05) is 18.4 Å². The van der Waals surface area contributed by atoms with Crippen molar-refractivity contribution in [3.63, 3.8) is 0 Å². The van der Waals surface area contributed by atoms with Crippen LogP contribution in [0.3, 0.4) is 0 Å². The number of hydrogen-bond acceptors (Lipinski definition) is 10. The second-order valence-electron chi connectivity index (χ2n) is 12.6. The first-order valence-electron chi connectivity index (χ1n) is 14.1. The van der Waals surface area contributed by atoms with Gasteiger partial charge in [0.1, 0.15) is 5.60 Å². The normalized spacial score (nSPS) is 15.4. The molecule has 3 aromatic heterocycles. The topological polar surface area (TPSA) is 153 Å². The first-order valence-corrected chi connectivity index (χ1v) is 14.1. The van der Waals surface area contributed by atoms with E-state index in [0.29, 0.717) is 24.8 Å². The second kappa shape index (κ2) is 11.5. The Hall–Kier alpha value is -4.81. The molecule has 0 saturated heterocycles. The van der Waals surface area contributed by atoms with Crippen LogP contribution in [0.2, 0.25) is 0 Å². The summed E-state index contributed by atoms with van der Waals surface area (Å²) in [6, 6.07) is 7.22. The van der Waals surface area contributed by atoms with Crippen LogP contribution in [-0.2, 0) is 23.6 Å². The Morgan fingerprint density at radius 3 is 2.56 bits per heavy atom. The molecule has 0 saturated carbocycles. The fraction of sp³-hybridized carbons (Fsp3) is 0.433. The largest absolute Gasteiger partial charge is 0.444 e. The first kappa shape index (κ1) is 29.7. The van der Waals surface area contributed by atoms with Crippen molar-refractivity contribution in [2.45, 2.75) is 65.0 Å². The number of amides is 2. The van der Waals surface area contributed by atoms with E-state index in [1.54, 1.807) is 22.0 Å². The van der Waals surface area contributed by atoms with Crippen molar-refractivity contribution >= 4 is 23.6 Å². The van der Waals surface area contributed by atoms with E-state index < -0.39 is 29.1 Å². The molecule has 4 aromatic rings. The molecule has 13 nitrogen and oxygen atoms in total. The molecular weight excluding hydrogens is 550 g/mol. The molecule has 1 aromatic carbocycles. The molecule has 0 unspecified atom stereocenters. The summed E-state index contributed by atoms with van der Waals surface area (Å²) in [5.74, 6) is 0.152. The average molecular weight is 588 g/mol. The lowest BCUT2D eigenvalue weighted by molar-refractivity contribution is 0.0237. The van der Waals surface area contributed by atoms with Gasteiger partial charge in [-0.1, -0.05) is 32.9 Å². The van der Waals surface area contributed by atoms with Crippen LogP contribution in [-0.4, -0.2) is 65.5 Å². The van der Waals surface area contributed by atoms with Crippen molar-refractivity contribution in [3.8, 4) is 11.3 Å². The molecule has 1 aliphatic rings. The third kappa shape index (κ3) is 7.16. The van der Waals surface area contributed by atoms with Crippen LogP contribution in [0.1, 0.15) is 75.3 Å². The lowest BCUT2D eigenvalue weighted by atomic mass is 9.96. The highest BCUT2D eigenvalue weighted by molar-refractivity contribution is 5.89. The van der Waals surface area contributed by atoms with Crippen molar-refractivity contribution in [1.29, 1.82) is 0 Å². The summed E-state index contributed by atoms with van der Waals surface area (Å²) in [7, 11) is 1.84. The summed E-state index contributed by atoms with van der Waals surface area (Å²) in [5, 5.41) is 18.4. The van der Waals surface area contributed by atoms with Gasteiger partial charge in [-0.3, -0.25) is 9.48 Å². The van der Waals surface area contributed by atoms with E-state index in [9.17, 15) is 9.59 Å². The van der Waals surface area contributed by atoms with Crippen LogP contribution < -0.4 is 10.6 Å². The zero-order chi connectivity index (χ0) is 30.9. The van der Waals surface area contributed by atoms with Crippen LogP contribution in [0.4, 0.5) is 16.4 Å². The number of aryl methyl sites for hydroxylation is 1. The van der Waals surface area contributed by atoms with Crippen molar-refractivity contribution in [1.82, 2.24) is 40.2 Å². The summed E-state index contributed by atoms with van der Waals surface area (Å²) in [6.45, 7) is 11.9. The van der Waals surface area contributed by atoms with Gasteiger partial charge in [0.25, 0.3) is 0 Å². The number of carbonyl (C=O) groups is 2. The molecule has 226 valence electrons. The molecule has 0 radical (unpaired) electrons. The van der Waals surface area contributed by atoms with Gasteiger partial charge in [-0.2, -0.15) is 5.10 Å². The number of nitrogens with one attached hydrogen (secondary N) is 2. The molecule has 13 heteroatoms. The molecule has 0 aliphatic carbocycles. The minimum Gasteiger partial charge on any atom is -0.444 e. The molecule has 2 N–H and O–H groups in total. The van der Waals surface area contributed by atoms with E-state index in [1.165, 1.54) is 0 Å². The molecule has 4 heterocycles. The highest BCUT2D eigenvalue weighted by atomic mass is 16.6. The molecule has 0 fully saturated rings. The highest BCUT2D eigenvalue weighted by Gasteiger charge is 2.32. The van der Waals surface area contributed by atoms with Gasteiger partial charge in [-0.15, -0.1) is 10.2 Å². The van der Waals surface area contributed by atoms with E-state index in [1.807, 2.05) is 79.1 Å². The second-order valence-corrected chi connectivity index (χ2v) is 12.6. The summed E-state index contributed by atoms with van der Waals surface area (Å²) in [5.41, 5.74) is 3.15. The number of aromatic nitrogens is 6. The maximum absolute atomic E-state index is 13.3. The van der Waals surface area contributed by atoms with Gasteiger partial charge in [0.05, 0.1) is 23.6 Å². The Bertz CT molecular complexity index is 1630. The maximum Gasteiger partial charge on any atom is 0.410 e. The molecule has 0 bridgehead atoms. The van der Waals surface area contributed by atoms with E-state index in [2.05, 4.69) is 30.9 Å². The fourth-order valence-corrected chi connectivity index (χ4v) is 4.64. The number of anilines is 2.